The molecule has 0 aliphatic rings. The van der Waals surface area contributed by atoms with Gasteiger partial charge >= 0.3 is 0 Å². The van der Waals surface area contributed by atoms with Crippen LogP contribution in [0.2, 0.25) is 0 Å². The zero-order valence-corrected chi connectivity index (χ0v) is 13.5. The van der Waals surface area contributed by atoms with E-state index in [-0.39, 0.29) is 17.7 Å². The third-order valence-corrected chi connectivity index (χ3v) is 3.12. The third kappa shape index (κ3) is 4.35. The van der Waals surface area contributed by atoms with Gasteiger partial charge in [0, 0.05) is 11.5 Å². The molecule has 0 aliphatic carbocycles. The van der Waals surface area contributed by atoms with Gasteiger partial charge in [-0.1, -0.05) is 38.1 Å². The second kappa shape index (κ2) is 6.64. The van der Waals surface area contributed by atoms with Crippen molar-refractivity contribution in [3.8, 4) is 5.75 Å². The van der Waals surface area contributed by atoms with Gasteiger partial charge in [-0.05, 0) is 24.6 Å². The minimum atomic E-state index is -0.134. The monoisotopic (exact) mass is 302 g/mol. The number of hydrogen-bond donors (Lipinski definition) is 1. The van der Waals surface area contributed by atoms with Gasteiger partial charge in [-0.25, -0.2) is 0 Å². The summed E-state index contributed by atoms with van der Waals surface area (Å²) < 4.78 is 10.6. The number of ether oxygens (including phenoxy) is 1. The second-order valence-electron chi connectivity index (χ2n) is 6.13. The molecule has 1 aromatic heterocycles. The fraction of sp³-hybridized carbons (Fsp3) is 0.412. The van der Waals surface area contributed by atoms with E-state index in [1.165, 1.54) is 0 Å². The summed E-state index contributed by atoms with van der Waals surface area (Å²) in [4.78, 5) is 12.0. The summed E-state index contributed by atoms with van der Waals surface area (Å²) in [7, 11) is 0. The smallest absolute Gasteiger partial charge is 0.230 e. The number of carbonyl (C=O) groups excluding carboxylic acids is 1. The van der Waals surface area contributed by atoms with Gasteiger partial charge in [-0.15, -0.1) is 0 Å². The molecule has 1 amide bonds. The van der Waals surface area contributed by atoms with Crippen LogP contribution in [0, 0.1) is 0 Å². The first-order valence-electron chi connectivity index (χ1n) is 7.37. The molecule has 118 valence electrons. The van der Waals surface area contributed by atoms with Crippen LogP contribution in [0.3, 0.4) is 0 Å². The van der Waals surface area contributed by atoms with Gasteiger partial charge < -0.3 is 14.6 Å². The molecular formula is C17H22N2O3. The molecule has 0 atom stereocenters. The Kier molecular flexibility index (Phi) is 4.85. The normalized spacial score (nSPS) is 11.3. The first kappa shape index (κ1) is 16.1. The van der Waals surface area contributed by atoms with Crippen molar-refractivity contribution in [3.63, 3.8) is 0 Å². The molecular weight excluding hydrogens is 280 g/mol. The van der Waals surface area contributed by atoms with Gasteiger partial charge in [0.15, 0.2) is 5.82 Å². The number of carbonyl (C=O) groups is 1. The molecule has 0 saturated heterocycles. The highest BCUT2D eigenvalue weighted by molar-refractivity contribution is 5.91. The Bertz CT molecular complexity index is 624. The van der Waals surface area contributed by atoms with Gasteiger partial charge in [-0.2, -0.15) is 0 Å². The van der Waals surface area contributed by atoms with Crippen molar-refractivity contribution in [2.75, 3.05) is 11.9 Å². The van der Waals surface area contributed by atoms with Crippen LogP contribution < -0.4 is 10.1 Å². The van der Waals surface area contributed by atoms with E-state index in [0.29, 0.717) is 12.4 Å². The molecule has 2 rings (SSSR count). The van der Waals surface area contributed by atoms with Gasteiger partial charge in [0.05, 0.1) is 13.0 Å². The standard InChI is InChI=1S/C17H22N2O3/c1-5-21-13-8-6-12(7-9-13)10-16(20)18-15-11-14(22-19-15)17(2,3)4/h6-9,11H,5,10H2,1-4H3,(H,18,19,20). The number of nitrogens with zero attached hydrogens (tertiary/aromatic N) is 1. The number of anilines is 1. The lowest BCUT2D eigenvalue weighted by Gasteiger charge is -2.12. The predicted octanol–water partition coefficient (Wildman–Crippen LogP) is 3.55. The number of aromatic nitrogens is 1. The largest absolute Gasteiger partial charge is 0.494 e. The molecule has 0 radical (unpaired) electrons. The van der Waals surface area contributed by atoms with Crippen molar-refractivity contribution < 1.29 is 14.1 Å². The highest BCUT2D eigenvalue weighted by Gasteiger charge is 2.20. The van der Waals surface area contributed by atoms with Gasteiger partial charge in [0.2, 0.25) is 5.91 Å². The molecule has 1 heterocycles. The maximum atomic E-state index is 12.0. The lowest BCUT2D eigenvalue weighted by Crippen LogP contribution is -2.14. The molecule has 0 saturated carbocycles. The van der Waals surface area contributed by atoms with Crippen LogP contribution in [0.15, 0.2) is 34.9 Å². The van der Waals surface area contributed by atoms with E-state index in [1.807, 2.05) is 52.0 Å². The lowest BCUT2D eigenvalue weighted by atomic mass is 9.93. The zero-order chi connectivity index (χ0) is 16.2. The highest BCUT2D eigenvalue weighted by atomic mass is 16.5. The predicted molar refractivity (Wildman–Crippen MR) is 85.1 cm³/mol. The molecule has 1 N–H and O–H groups in total. The van der Waals surface area contributed by atoms with Crippen LogP contribution in [-0.2, 0) is 16.6 Å². The molecule has 2 aromatic rings. The summed E-state index contributed by atoms with van der Waals surface area (Å²) >= 11 is 0. The van der Waals surface area contributed by atoms with Gasteiger partial charge in [-0.3, -0.25) is 4.79 Å². The quantitative estimate of drug-likeness (QED) is 0.917. The molecule has 5 nitrogen and oxygen atoms in total. The molecule has 0 bridgehead atoms. The minimum Gasteiger partial charge on any atom is -0.494 e. The van der Waals surface area contributed by atoms with Gasteiger partial charge in [0.25, 0.3) is 0 Å². The Balaban J connectivity index is 1.94. The fourth-order valence-corrected chi connectivity index (χ4v) is 1.93. The van der Waals surface area contributed by atoms with E-state index in [1.54, 1.807) is 6.07 Å². The van der Waals surface area contributed by atoms with Crippen molar-refractivity contribution in [2.24, 2.45) is 0 Å². The zero-order valence-electron chi connectivity index (χ0n) is 13.5. The van der Waals surface area contributed by atoms with Crippen LogP contribution in [0.25, 0.3) is 0 Å². The van der Waals surface area contributed by atoms with E-state index in [9.17, 15) is 4.79 Å². The number of rotatable bonds is 5. The Morgan fingerprint density at radius 1 is 1.27 bits per heavy atom. The van der Waals surface area contributed by atoms with E-state index in [2.05, 4.69) is 10.5 Å². The van der Waals surface area contributed by atoms with Crippen molar-refractivity contribution in [1.82, 2.24) is 5.16 Å². The number of amides is 1. The van der Waals surface area contributed by atoms with Crippen LogP contribution >= 0.6 is 0 Å². The first-order valence-corrected chi connectivity index (χ1v) is 7.37. The van der Waals surface area contributed by atoms with Crippen LogP contribution in [0.4, 0.5) is 5.82 Å². The first-order chi connectivity index (χ1) is 10.4. The Morgan fingerprint density at radius 2 is 1.95 bits per heavy atom. The number of hydrogen-bond acceptors (Lipinski definition) is 4. The molecule has 0 aliphatic heterocycles. The van der Waals surface area contributed by atoms with E-state index < -0.39 is 0 Å². The summed E-state index contributed by atoms with van der Waals surface area (Å²) in [5, 5.41) is 6.62. The lowest BCUT2D eigenvalue weighted by molar-refractivity contribution is -0.115. The third-order valence-electron chi connectivity index (χ3n) is 3.12. The molecule has 0 fully saturated rings. The van der Waals surface area contributed by atoms with Crippen molar-refractivity contribution in [3.05, 3.63) is 41.7 Å². The van der Waals surface area contributed by atoms with E-state index >= 15 is 0 Å². The molecule has 0 unspecified atom stereocenters. The topological polar surface area (TPSA) is 64.4 Å². The molecule has 22 heavy (non-hydrogen) atoms. The molecule has 1 aromatic carbocycles. The summed E-state index contributed by atoms with van der Waals surface area (Å²) in [5.74, 6) is 1.86. The maximum Gasteiger partial charge on any atom is 0.230 e. The van der Waals surface area contributed by atoms with Crippen molar-refractivity contribution >= 4 is 11.7 Å². The Morgan fingerprint density at radius 3 is 2.50 bits per heavy atom. The Hall–Kier alpha value is -2.30. The molecule has 0 spiro atoms. The summed E-state index contributed by atoms with van der Waals surface area (Å²) in [6.07, 6.45) is 0.282. The number of nitrogens with one attached hydrogen (secondary N) is 1. The highest BCUT2D eigenvalue weighted by Crippen LogP contribution is 2.24. The second-order valence-corrected chi connectivity index (χ2v) is 6.13. The summed E-state index contributed by atoms with van der Waals surface area (Å²) in [6.45, 7) is 8.64. The minimum absolute atomic E-state index is 0.127. The Labute approximate surface area is 130 Å². The maximum absolute atomic E-state index is 12.0. The van der Waals surface area contributed by atoms with E-state index in [0.717, 1.165) is 17.1 Å². The van der Waals surface area contributed by atoms with Crippen molar-refractivity contribution in [1.29, 1.82) is 0 Å². The summed E-state index contributed by atoms with van der Waals surface area (Å²) in [5.41, 5.74) is 0.783. The molecule has 5 heteroatoms. The van der Waals surface area contributed by atoms with E-state index in [4.69, 9.17) is 9.26 Å². The average molecular weight is 302 g/mol. The van der Waals surface area contributed by atoms with Crippen LogP contribution in [0.5, 0.6) is 5.75 Å². The average Bonchev–Trinajstić information content (AvgIpc) is 2.89. The van der Waals surface area contributed by atoms with Crippen LogP contribution in [0.1, 0.15) is 39.0 Å². The SMILES string of the molecule is CCOc1ccc(CC(=O)Nc2cc(C(C)(C)C)on2)cc1. The number of benzene rings is 1. The van der Waals surface area contributed by atoms with Crippen molar-refractivity contribution in [2.45, 2.75) is 39.5 Å². The van der Waals surface area contributed by atoms with Crippen LogP contribution in [-0.4, -0.2) is 17.7 Å². The van der Waals surface area contributed by atoms with Gasteiger partial charge in [0.1, 0.15) is 11.5 Å². The summed E-state index contributed by atoms with van der Waals surface area (Å²) in [6, 6.07) is 9.25. The fourth-order valence-electron chi connectivity index (χ4n) is 1.93.